The number of nitrogens with zero attached hydrogens (tertiary/aromatic N) is 1. The van der Waals surface area contributed by atoms with Crippen LogP contribution in [0.1, 0.15) is 54.9 Å². The Morgan fingerprint density at radius 2 is 1.50 bits per heavy atom. The molecule has 1 atom stereocenters. The van der Waals surface area contributed by atoms with Gasteiger partial charge in [0.25, 0.3) is 0 Å². The molecule has 1 amide bonds. The first-order valence-corrected chi connectivity index (χ1v) is 5.43. The molecular formula is C11H26NORb. The van der Waals surface area contributed by atoms with Crippen molar-refractivity contribution < 1.29 is 63.0 Å². The van der Waals surface area contributed by atoms with Gasteiger partial charge in [-0.1, -0.05) is 48.5 Å². The van der Waals surface area contributed by atoms with Gasteiger partial charge in [-0.15, -0.1) is 6.54 Å². The summed E-state index contributed by atoms with van der Waals surface area (Å²) in [6.45, 7) is 14.4. The zero-order chi connectivity index (χ0) is 11.3. The summed E-state index contributed by atoms with van der Waals surface area (Å²) >= 11 is 0. The molecule has 0 rings (SSSR count). The number of hydrogen-bond donors (Lipinski definition) is 0. The molecule has 0 bridgehead atoms. The Labute approximate surface area is 139 Å². The van der Waals surface area contributed by atoms with Crippen LogP contribution in [0.4, 0.5) is 0 Å². The van der Waals surface area contributed by atoms with E-state index in [1.165, 1.54) is 0 Å². The SMILES string of the molecule is CC.CC.CC[N-]C(=O)C(C)CC.[Rb+]. The Morgan fingerprint density at radius 3 is 1.71 bits per heavy atom. The number of amides is 1. The van der Waals surface area contributed by atoms with Crippen molar-refractivity contribution in [1.29, 1.82) is 0 Å². The third kappa shape index (κ3) is 18.9. The first kappa shape index (κ1) is 24.5. The summed E-state index contributed by atoms with van der Waals surface area (Å²) in [7, 11) is 0. The van der Waals surface area contributed by atoms with Gasteiger partial charge < -0.3 is 10.1 Å². The van der Waals surface area contributed by atoms with Gasteiger partial charge in [0.1, 0.15) is 0 Å². The summed E-state index contributed by atoms with van der Waals surface area (Å²) in [6, 6.07) is 0. The fourth-order valence-electron chi connectivity index (χ4n) is 0.486. The minimum absolute atomic E-state index is 0. The molecule has 0 aliphatic carbocycles. The normalized spacial score (nSPS) is 9.07. The first-order valence-electron chi connectivity index (χ1n) is 5.43. The van der Waals surface area contributed by atoms with Gasteiger partial charge in [0.05, 0.1) is 5.91 Å². The van der Waals surface area contributed by atoms with Crippen molar-refractivity contribution in [3.8, 4) is 0 Å². The number of carbonyl (C=O) groups excluding carboxylic acids is 1. The summed E-state index contributed by atoms with van der Waals surface area (Å²) in [5.74, 6) is 0.157. The summed E-state index contributed by atoms with van der Waals surface area (Å²) in [5, 5.41) is 3.76. The van der Waals surface area contributed by atoms with Crippen LogP contribution in [0, 0.1) is 5.92 Å². The van der Waals surface area contributed by atoms with E-state index in [9.17, 15) is 4.79 Å². The van der Waals surface area contributed by atoms with Crippen LogP contribution in [0.3, 0.4) is 0 Å². The maximum Gasteiger partial charge on any atom is 1.00 e. The molecule has 14 heavy (non-hydrogen) atoms. The summed E-state index contributed by atoms with van der Waals surface area (Å²) in [6.07, 6.45) is 0.891. The largest absolute Gasteiger partial charge is 1.00 e. The minimum atomic E-state index is 0. The predicted octanol–water partition coefficient (Wildman–Crippen LogP) is 1.01. The molecule has 3 heteroatoms. The van der Waals surface area contributed by atoms with Crippen LogP contribution in [-0.2, 0) is 4.79 Å². The van der Waals surface area contributed by atoms with Gasteiger partial charge in [0.2, 0.25) is 0 Å². The fourth-order valence-corrected chi connectivity index (χ4v) is 0.486. The van der Waals surface area contributed by atoms with Gasteiger partial charge in [-0.25, -0.2) is 0 Å². The molecule has 0 aromatic heterocycles. The summed E-state index contributed by atoms with van der Waals surface area (Å²) in [4.78, 5) is 10.8. The first-order chi connectivity index (χ1) is 6.22. The van der Waals surface area contributed by atoms with Crippen molar-refractivity contribution in [3.05, 3.63) is 5.32 Å². The van der Waals surface area contributed by atoms with Crippen molar-refractivity contribution in [2.24, 2.45) is 5.92 Å². The van der Waals surface area contributed by atoms with Crippen LogP contribution in [0.15, 0.2) is 0 Å². The van der Waals surface area contributed by atoms with E-state index in [0.717, 1.165) is 6.42 Å². The molecule has 0 fully saturated rings. The molecule has 0 radical (unpaired) electrons. The Kier molecular flexibility index (Phi) is 41.7. The summed E-state index contributed by atoms with van der Waals surface area (Å²) < 4.78 is 0. The quantitative estimate of drug-likeness (QED) is 0.755. The third-order valence-electron chi connectivity index (χ3n) is 1.35. The average Bonchev–Trinajstić information content (AvgIpc) is 2.23. The molecule has 1 unspecified atom stereocenters. The number of hydrogen-bond acceptors (Lipinski definition) is 1. The standard InChI is InChI=1S/C7H15NO.2C2H6.Rb/c1-4-6(3)7(9)8-5-2;2*1-2;/h6H,4-5H2,1-3H3,(H,8,9);2*1-2H3;/q;;;+1/p-1. The third-order valence-corrected chi connectivity index (χ3v) is 1.35. The molecule has 0 N–H and O–H groups in total. The second-order valence-corrected chi connectivity index (χ2v) is 2.12. The molecule has 0 aliphatic heterocycles. The minimum Gasteiger partial charge on any atom is -0.653 e. The van der Waals surface area contributed by atoms with Crippen LogP contribution >= 0.6 is 0 Å². The van der Waals surface area contributed by atoms with E-state index in [4.69, 9.17) is 0 Å². The molecule has 0 saturated heterocycles. The summed E-state index contributed by atoms with van der Waals surface area (Å²) in [5.41, 5.74) is 0. The molecule has 2 nitrogen and oxygen atoms in total. The van der Waals surface area contributed by atoms with Crippen molar-refractivity contribution in [3.63, 3.8) is 0 Å². The van der Waals surface area contributed by atoms with Gasteiger partial charge in [0.15, 0.2) is 0 Å². The van der Waals surface area contributed by atoms with Gasteiger partial charge in [0, 0.05) is 0 Å². The van der Waals surface area contributed by atoms with Crippen LogP contribution in [0.25, 0.3) is 5.32 Å². The molecule has 82 valence electrons. The maximum absolute atomic E-state index is 10.8. The van der Waals surface area contributed by atoms with Crippen molar-refractivity contribution >= 4 is 5.91 Å². The topological polar surface area (TPSA) is 31.2 Å². The average molecular weight is 274 g/mol. The Morgan fingerprint density at radius 1 is 1.14 bits per heavy atom. The smallest absolute Gasteiger partial charge is 0.653 e. The molecule has 0 saturated carbocycles. The van der Waals surface area contributed by atoms with Crippen LogP contribution in [0.2, 0.25) is 0 Å². The van der Waals surface area contributed by atoms with Crippen LogP contribution in [-0.4, -0.2) is 12.5 Å². The van der Waals surface area contributed by atoms with E-state index in [1.54, 1.807) is 0 Å². The second-order valence-electron chi connectivity index (χ2n) is 2.12. The van der Waals surface area contributed by atoms with Crippen LogP contribution < -0.4 is 58.2 Å². The monoisotopic (exact) mass is 273 g/mol. The van der Waals surface area contributed by atoms with E-state index in [0.29, 0.717) is 6.54 Å². The zero-order valence-corrected chi connectivity index (χ0v) is 16.3. The van der Waals surface area contributed by atoms with Crippen molar-refractivity contribution in [1.82, 2.24) is 0 Å². The number of carbonyl (C=O) groups is 1. The van der Waals surface area contributed by atoms with E-state index < -0.39 is 0 Å². The van der Waals surface area contributed by atoms with E-state index in [-0.39, 0.29) is 70.0 Å². The molecule has 0 spiro atoms. The van der Waals surface area contributed by atoms with Crippen LogP contribution in [0.5, 0.6) is 0 Å². The Balaban J connectivity index is -0.0000000883. The van der Waals surface area contributed by atoms with E-state index in [2.05, 4.69) is 5.32 Å². The van der Waals surface area contributed by atoms with Gasteiger partial charge in [-0.2, -0.15) is 0 Å². The number of rotatable bonds is 3. The molecule has 0 aliphatic rings. The van der Waals surface area contributed by atoms with Gasteiger partial charge >= 0.3 is 58.2 Å². The van der Waals surface area contributed by atoms with E-state index in [1.807, 2.05) is 48.5 Å². The van der Waals surface area contributed by atoms with Gasteiger partial charge in [-0.05, 0) is 12.3 Å². The van der Waals surface area contributed by atoms with Gasteiger partial charge in [-0.3, -0.25) is 0 Å². The van der Waals surface area contributed by atoms with Crippen molar-refractivity contribution in [2.75, 3.05) is 6.54 Å². The zero-order valence-electron chi connectivity index (χ0n) is 11.3. The van der Waals surface area contributed by atoms with E-state index >= 15 is 0 Å². The second kappa shape index (κ2) is 23.8. The van der Waals surface area contributed by atoms with Crippen molar-refractivity contribution in [2.45, 2.75) is 54.9 Å². The Bertz CT molecular complexity index is 97.3. The molecule has 0 aromatic rings. The predicted molar refractivity (Wildman–Crippen MR) is 61.1 cm³/mol. The molecule has 0 aromatic carbocycles. The maximum atomic E-state index is 10.8. The Hall–Kier alpha value is 1.28. The molecular weight excluding hydrogens is 248 g/mol. The fraction of sp³-hybridized carbons (Fsp3) is 0.909. The molecule has 0 heterocycles.